The summed E-state index contributed by atoms with van der Waals surface area (Å²) in [6.07, 6.45) is 2.03. The normalized spacial score (nSPS) is 14.8. The van der Waals surface area contributed by atoms with Gasteiger partial charge in [0.2, 0.25) is 0 Å². The molecule has 0 aliphatic rings. The third kappa shape index (κ3) is 3.95. The molecule has 0 saturated carbocycles. The van der Waals surface area contributed by atoms with Crippen LogP contribution in [0, 0.1) is 0 Å². The minimum Gasteiger partial charge on any atom is -0.436 e. The van der Waals surface area contributed by atoms with Crippen molar-refractivity contribution in [3.63, 3.8) is 0 Å². The number of amides is 1. The first-order valence-electron chi connectivity index (χ1n) is 3.99. The zero-order valence-electron chi connectivity index (χ0n) is 7.50. The summed E-state index contributed by atoms with van der Waals surface area (Å²) in [5, 5.41) is 0. The summed E-state index contributed by atoms with van der Waals surface area (Å²) in [5.74, 6) is 0. The fraction of sp³-hybridized carbons (Fsp3) is 0.750. The second-order valence-corrected chi connectivity index (χ2v) is 2.96. The maximum Gasteiger partial charge on any atom is 0.405 e. The van der Waals surface area contributed by atoms with Crippen LogP contribution in [-0.2, 0) is 9.53 Å². The van der Waals surface area contributed by atoms with E-state index in [4.69, 9.17) is 5.73 Å². The molecule has 4 heteroatoms. The van der Waals surface area contributed by atoms with Gasteiger partial charge in [-0.1, -0.05) is 13.3 Å². The smallest absolute Gasteiger partial charge is 0.405 e. The lowest BCUT2D eigenvalue weighted by molar-refractivity contribution is -0.123. The molecule has 0 aromatic carbocycles. The number of carbonyl (C=O) groups is 2. The summed E-state index contributed by atoms with van der Waals surface area (Å²) < 4.78 is 4.66. The van der Waals surface area contributed by atoms with Gasteiger partial charge < -0.3 is 10.5 Å². The average Bonchev–Trinajstić information content (AvgIpc) is 2.00. The Morgan fingerprint density at radius 1 is 1.67 bits per heavy atom. The molecule has 0 spiro atoms. The molecular weight excluding hydrogens is 158 g/mol. The Morgan fingerprint density at radius 2 is 2.25 bits per heavy atom. The number of hydrogen-bond acceptors (Lipinski definition) is 3. The Kier molecular flexibility index (Phi) is 4.33. The van der Waals surface area contributed by atoms with Gasteiger partial charge in [-0.2, -0.15) is 0 Å². The van der Waals surface area contributed by atoms with Gasteiger partial charge in [0, 0.05) is 0 Å². The molecule has 0 saturated heterocycles. The number of primary amides is 1. The van der Waals surface area contributed by atoms with Crippen molar-refractivity contribution in [3.05, 3.63) is 0 Å². The summed E-state index contributed by atoms with van der Waals surface area (Å²) in [4.78, 5) is 20.9. The Balaban J connectivity index is 4.04. The predicted octanol–water partition coefficient (Wildman–Crippen LogP) is 1.23. The second kappa shape index (κ2) is 4.74. The first-order valence-corrected chi connectivity index (χ1v) is 3.99. The van der Waals surface area contributed by atoms with Crippen molar-refractivity contribution in [2.45, 2.75) is 38.7 Å². The first kappa shape index (κ1) is 10.9. The second-order valence-electron chi connectivity index (χ2n) is 2.96. The van der Waals surface area contributed by atoms with E-state index in [-0.39, 0.29) is 0 Å². The molecule has 1 atom stereocenters. The summed E-state index contributed by atoms with van der Waals surface area (Å²) in [5.41, 5.74) is 3.77. The van der Waals surface area contributed by atoms with E-state index in [9.17, 15) is 9.59 Å². The number of ether oxygens (including phenoxy) is 1. The molecule has 0 unspecified atom stereocenters. The van der Waals surface area contributed by atoms with E-state index in [2.05, 4.69) is 4.74 Å². The van der Waals surface area contributed by atoms with Crippen molar-refractivity contribution < 1.29 is 14.3 Å². The van der Waals surface area contributed by atoms with Crippen LogP contribution in [0.4, 0.5) is 4.79 Å². The van der Waals surface area contributed by atoms with Crippen molar-refractivity contribution in [3.8, 4) is 0 Å². The number of hydrogen-bond donors (Lipinski definition) is 1. The lowest BCUT2D eigenvalue weighted by Gasteiger charge is -2.21. The molecule has 4 nitrogen and oxygen atoms in total. The van der Waals surface area contributed by atoms with Crippen molar-refractivity contribution in [1.29, 1.82) is 0 Å². The highest BCUT2D eigenvalue weighted by Gasteiger charge is 2.26. The molecule has 0 rings (SSSR count). The quantitative estimate of drug-likeness (QED) is 0.635. The number of nitrogens with two attached hydrogens (primary N) is 1. The molecule has 0 heterocycles. The third-order valence-corrected chi connectivity index (χ3v) is 1.61. The van der Waals surface area contributed by atoms with Crippen molar-refractivity contribution in [2.24, 2.45) is 5.73 Å². The van der Waals surface area contributed by atoms with Crippen LogP contribution in [0.2, 0.25) is 0 Å². The van der Waals surface area contributed by atoms with Crippen molar-refractivity contribution >= 4 is 12.4 Å². The molecule has 0 aliphatic carbocycles. The number of aldehydes is 1. The topological polar surface area (TPSA) is 69.4 Å². The van der Waals surface area contributed by atoms with Gasteiger partial charge in [0.05, 0.1) is 0 Å². The Morgan fingerprint density at radius 3 is 2.58 bits per heavy atom. The van der Waals surface area contributed by atoms with Crippen molar-refractivity contribution in [2.75, 3.05) is 0 Å². The maximum absolute atomic E-state index is 10.5. The van der Waals surface area contributed by atoms with Crippen LogP contribution in [0.3, 0.4) is 0 Å². The maximum atomic E-state index is 10.5. The molecule has 0 fully saturated rings. The summed E-state index contributed by atoms with van der Waals surface area (Å²) in [6, 6.07) is 0. The molecule has 0 radical (unpaired) electrons. The lowest BCUT2D eigenvalue weighted by Crippen LogP contribution is -2.35. The number of unbranched alkanes of at least 4 members (excludes halogenated alkanes) is 1. The fourth-order valence-corrected chi connectivity index (χ4v) is 0.892. The summed E-state index contributed by atoms with van der Waals surface area (Å²) in [7, 11) is 0. The van der Waals surface area contributed by atoms with E-state index >= 15 is 0 Å². The summed E-state index contributed by atoms with van der Waals surface area (Å²) >= 11 is 0. The number of carbonyl (C=O) groups excluding carboxylic acids is 2. The van der Waals surface area contributed by atoms with Crippen LogP contribution in [-0.4, -0.2) is 18.0 Å². The summed E-state index contributed by atoms with van der Waals surface area (Å²) in [6.45, 7) is 3.55. The van der Waals surface area contributed by atoms with Gasteiger partial charge in [0.1, 0.15) is 0 Å². The standard InChI is InChI=1S/C8H15NO3/c1-3-4-5-8(2,6-10)12-7(9)11/h6H,3-5H2,1-2H3,(H2,9,11)/t8-/m1/s1. The van der Waals surface area contributed by atoms with Crippen molar-refractivity contribution in [1.82, 2.24) is 0 Å². The zero-order chi connectivity index (χ0) is 9.61. The molecule has 0 aromatic rings. The molecule has 0 aliphatic heterocycles. The average molecular weight is 173 g/mol. The Hall–Kier alpha value is -1.06. The van der Waals surface area contributed by atoms with Crippen LogP contribution in [0.5, 0.6) is 0 Å². The van der Waals surface area contributed by atoms with Crippen LogP contribution in [0.15, 0.2) is 0 Å². The molecule has 1 amide bonds. The van der Waals surface area contributed by atoms with Gasteiger partial charge in [-0.25, -0.2) is 4.79 Å². The van der Waals surface area contributed by atoms with E-state index in [0.717, 1.165) is 12.8 Å². The minimum atomic E-state index is -1.04. The molecule has 70 valence electrons. The highest BCUT2D eigenvalue weighted by Crippen LogP contribution is 2.15. The highest BCUT2D eigenvalue weighted by atomic mass is 16.6. The zero-order valence-corrected chi connectivity index (χ0v) is 7.50. The van der Waals surface area contributed by atoms with E-state index in [1.807, 2.05) is 6.92 Å². The Labute approximate surface area is 72.1 Å². The van der Waals surface area contributed by atoms with Gasteiger partial charge in [-0.05, 0) is 19.8 Å². The third-order valence-electron chi connectivity index (χ3n) is 1.61. The Bertz CT molecular complexity index is 170. The predicted molar refractivity (Wildman–Crippen MR) is 44.7 cm³/mol. The van der Waals surface area contributed by atoms with E-state index in [0.29, 0.717) is 12.7 Å². The molecule has 2 N–H and O–H groups in total. The lowest BCUT2D eigenvalue weighted by atomic mass is 10.0. The monoisotopic (exact) mass is 173 g/mol. The molecular formula is C8H15NO3. The first-order chi connectivity index (χ1) is 5.54. The van der Waals surface area contributed by atoms with Gasteiger partial charge in [-0.15, -0.1) is 0 Å². The number of rotatable bonds is 5. The van der Waals surface area contributed by atoms with E-state index in [1.54, 1.807) is 6.92 Å². The van der Waals surface area contributed by atoms with E-state index in [1.165, 1.54) is 0 Å². The van der Waals surface area contributed by atoms with Crippen LogP contribution in [0.1, 0.15) is 33.1 Å². The van der Waals surface area contributed by atoms with E-state index < -0.39 is 11.7 Å². The van der Waals surface area contributed by atoms with Crippen LogP contribution >= 0.6 is 0 Å². The largest absolute Gasteiger partial charge is 0.436 e. The van der Waals surface area contributed by atoms with Gasteiger partial charge in [0.25, 0.3) is 0 Å². The van der Waals surface area contributed by atoms with Crippen LogP contribution in [0.25, 0.3) is 0 Å². The van der Waals surface area contributed by atoms with Gasteiger partial charge in [-0.3, -0.25) is 4.79 Å². The van der Waals surface area contributed by atoms with Crippen LogP contribution < -0.4 is 5.73 Å². The van der Waals surface area contributed by atoms with Gasteiger partial charge in [0.15, 0.2) is 11.9 Å². The molecule has 12 heavy (non-hydrogen) atoms. The fourth-order valence-electron chi connectivity index (χ4n) is 0.892. The SMILES string of the molecule is CCCC[C@](C)(C=O)OC(N)=O. The molecule has 0 bridgehead atoms. The van der Waals surface area contributed by atoms with Gasteiger partial charge >= 0.3 is 6.09 Å². The molecule has 0 aromatic heterocycles. The minimum absolute atomic E-state index is 0.524. The highest BCUT2D eigenvalue weighted by molar-refractivity contribution is 5.71.